The van der Waals surface area contributed by atoms with Crippen LogP contribution in [-0.4, -0.2) is 39.5 Å². The van der Waals surface area contributed by atoms with Crippen LogP contribution in [0, 0.1) is 0 Å². The Morgan fingerprint density at radius 1 is 0.915 bits per heavy atom. The number of hydrogen-bond donors (Lipinski definition) is 3. The number of unbranched alkanes of at least 4 members (excludes halogenated alkanes) is 12. The number of hydrogen-bond acceptors (Lipinski definition) is 5. The third-order valence-corrected chi connectivity index (χ3v) is 8.92. The summed E-state index contributed by atoms with van der Waals surface area (Å²) < 4.78 is 58.7. The molecule has 8 nitrogen and oxygen atoms in total. The number of rotatable bonds is 24. The molecule has 0 aliphatic carbocycles. The largest absolute Gasteiger partial charge is 0.487 e. The molecule has 47 heavy (non-hydrogen) atoms. The van der Waals surface area contributed by atoms with E-state index in [2.05, 4.69) is 17.2 Å². The predicted molar refractivity (Wildman–Crippen MR) is 178 cm³/mol. The summed E-state index contributed by atoms with van der Waals surface area (Å²) in [7, 11) is -4.69. The van der Waals surface area contributed by atoms with Gasteiger partial charge in [0, 0.05) is 18.7 Å². The number of ether oxygens (including phenoxy) is 2. The van der Waals surface area contributed by atoms with E-state index in [0.29, 0.717) is 17.9 Å². The van der Waals surface area contributed by atoms with Crippen molar-refractivity contribution in [2.75, 3.05) is 6.61 Å². The smallest absolute Gasteiger partial charge is 0.422 e. The van der Waals surface area contributed by atoms with Gasteiger partial charge in [-0.05, 0) is 42.7 Å². The highest BCUT2D eigenvalue weighted by Crippen LogP contribution is 2.47. The van der Waals surface area contributed by atoms with Gasteiger partial charge in [0.15, 0.2) is 6.61 Å². The number of halogens is 4. The second-order valence-corrected chi connectivity index (χ2v) is 14.0. The van der Waals surface area contributed by atoms with E-state index in [1.807, 2.05) is 0 Å². The molecule has 1 aromatic heterocycles. The van der Waals surface area contributed by atoms with Crippen molar-refractivity contribution in [1.82, 2.24) is 10.3 Å². The van der Waals surface area contributed by atoms with Crippen LogP contribution in [0.15, 0.2) is 53.4 Å². The molecule has 1 aromatic carbocycles. The number of carbonyl (C=O) groups is 1. The van der Waals surface area contributed by atoms with Crippen LogP contribution in [0.25, 0.3) is 0 Å². The fourth-order valence-corrected chi connectivity index (χ4v) is 5.45. The summed E-state index contributed by atoms with van der Waals surface area (Å²) in [5, 5.41) is 2.83. The van der Waals surface area contributed by atoms with Gasteiger partial charge in [0.25, 0.3) is 0 Å². The number of benzene rings is 1. The molecule has 0 aliphatic heterocycles. The van der Waals surface area contributed by atoms with E-state index in [1.165, 1.54) is 82.2 Å². The van der Waals surface area contributed by atoms with Crippen molar-refractivity contribution in [2.45, 2.75) is 122 Å². The number of pyridine rings is 1. The van der Waals surface area contributed by atoms with Crippen LogP contribution >= 0.6 is 19.2 Å². The Hall–Kier alpha value is -2.59. The summed E-state index contributed by atoms with van der Waals surface area (Å²) in [5.74, 6) is 0.262. The Morgan fingerprint density at radius 2 is 1.49 bits per heavy atom. The molecule has 13 heteroatoms. The third-order valence-electron chi connectivity index (χ3n) is 7.43. The van der Waals surface area contributed by atoms with Gasteiger partial charge in [-0.1, -0.05) is 108 Å². The molecule has 2 aromatic rings. The highest BCUT2D eigenvalue weighted by atomic mass is 35.5. The van der Waals surface area contributed by atoms with E-state index in [4.69, 9.17) is 21.1 Å². The van der Waals surface area contributed by atoms with Crippen LogP contribution in [-0.2, 0) is 22.4 Å². The lowest BCUT2D eigenvalue weighted by Gasteiger charge is -2.17. The number of alkyl halides is 3. The SMILES string of the molecule is CCCCCCCCCCCCCCCC(=O)N[C@@H](C=C(Cl)P(=O)(O)O)Cc1ccc(OCc2cc(OCC(F)(F)F)ccn2)cc1. The van der Waals surface area contributed by atoms with Crippen LogP contribution < -0.4 is 14.8 Å². The average molecular weight is 705 g/mol. The molecule has 0 spiro atoms. The molecule has 0 aliphatic rings. The Balaban J connectivity index is 1.79. The highest BCUT2D eigenvalue weighted by Gasteiger charge is 2.28. The molecule has 1 amide bonds. The van der Waals surface area contributed by atoms with Crippen LogP contribution in [0.2, 0.25) is 0 Å². The molecular weight excluding hydrogens is 656 g/mol. The number of nitrogens with zero attached hydrogens (tertiary/aromatic N) is 1. The van der Waals surface area contributed by atoms with E-state index in [9.17, 15) is 32.3 Å². The van der Waals surface area contributed by atoms with Gasteiger partial charge >= 0.3 is 13.8 Å². The first-order chi connectivity index (χ1) is 22.4. The van der Waals surface area contributed by atoms with Crippen LogP contribution in [0.3, 0.4) is 0 Å². The summed E-state index contributed by atoms with van der Waals surface area (Å²) in [5.41, 5.74) is 1.12. The fraction of sp³-hybridized carbons (Fsp3) is 0.588. The first-order valence-corrected chi connectivity index (χ1v) is 18.4. The zero-order chi connectivity index (χ0) is 34.5. The van der Waals surface area contributed by atoms with Gasteiger partial charge in [0.05, 0.1) is 11.7 Å². The third kappa shape index (κ3) is 19.7. The lowest BCUT2D eigenvalue weighted by molar-refractivity contribution is -0.153. The second kappa shape index (κ2) is 22.1. The Labute approximate surface area is 281 Å². The Kier molecular flexibility index (Phi) is 19.1. The van der Waals surface area contributed by atoms with Gasteiger partial charge in [-0.2, -0.15) is 13.2 Å². The quantitative estimate of drug-likeness (QED) is 0.0736. The summed E-state index contributed by atoms with van der Waals surface area (Å²) >= 11 is 5.87. The zero-order valence-electron chi connectivity index (χ0n) is 27.2. The number of aromatic nitrogens is 1. The maximum atomic E-state index is 12.7. The molecule has 2 rings (SSSR count). The summed E-state index contributed by atoms with van der Waals surface area (Å²) in [6, 6.07) is 8.74. The zero-order valence-corrected chi connectivity index (χ0v) is 28.8. The molecule has 0 saturated heterocycles. The van der Waals surface area contributed by atoms with Gasteiger partial charge < -0.3 is 24.6 Å². The second-order valence-electron chi connectivity index (χ2n) is 11.7. The maximum absolute atomic E-state index is 12.7. The monoisotopic (exact) mass is 704 g/mol. The number of carbonyl (C=O) groups excluding carboxylic acids is 1. The van der Waals surface area contributed by atoms with Crippen molar-refractivity contribution in [3.8, 4) is 11.5 Å². The molecule has 1 heterocycles. The maximum Gasteiger partial charge on any atom is 0.422 e. The van der Waals surface area contributed by atoms with Crippen molar-refractivity contribution in [1.29, 1.82) is 0 Å². The molecule has 3 N–H and O–H groups in total. The summed E-state index contributed by atoms with van der Waals surface area (Å²) in [6.45, 7) is 0.808. The van der Waals surface area contributed by atoms with Gasteiger partial charge in [-0.3, -0.25) is 14.3 Å². The van der Waals surface area contributed by atoms with Crippen molar-refractivity contribution in [3.63, 3.8) is 0 Å². The topological polar surface area (TPSA) is 118 Å². The fourth-order valence-electron chi connectivity index (χ4n) is 4.92. The Bertz CT molecular complexity index is 1260. The summed E-state index contributed by atoms with van der Waals surface area (Å²) in [4.78, 5) is 35.7. The van der Waals surface area contributed by atoms with Crippen molar-refractivity contribution in [2.24, 2.45) is 0 Å². The Morgan fingerprint density at radius 3 is 2.04 bits per heavy atom. The van der Waals surface area contributed by atoms with E-state index >= 15 is 0 Å². The lowest BCUT2D eigenvalue weighted by atomic mass is 10.0. The highest BCUT2D eigenvalue weighted by molar-refractivity contribution is 7.59. The molecule has 0 bridgehead atoms. The molecule has 0 saturated carbocycles. The molecule has 0 unspecified atom stereocenters. The van der Waals surface area contributed by atoms with E-state index in [0.717, 1.165) is 31.2 Å². The predicted octanol–water partition coefficient (Wildman–Crippen LogP) is 9.37. The summed E-state index contributed by atoms with van der Waals surface area (Å²) in [6.07, 6.45) is 14.2. The van der Waals surface area contributed by atoms with Crippen molar-refractivity contribution in [3.05, 3.63) is 64.7 Å². The minimum Gasteiger partial charge on any atom is -0.487 e. The minimum atomic E-state index is -4.69. The molecule has 0 fully saturated rings. The first-order valence-electron chi connectivity index (χ1n) is 16.4. The first kappa shape index (κ1) is 40.6. The lowest BCUT2D eigenvalue weighted by Crippen LogP contribution is -2.35. The van der Waals surface area contributed by atoms with Gasteiger partial charge in [0.2, 0.25) is 5.91 Å². The molecule has 0 radical (unpaired) electrons. The van der Waals surface area contributed by atoms with E-state index in [-0.39, 0.29) is 24.7 Å². The van der Waals surface area contributed by atoms with Crippen LogP contribution in [0.4, 0.5) is 13.2 Å². The van der Waals surface area contributed by atoms with Crippen LogP contribution in [0.1, 0.15) is 108 Å². The van der Waals surface area contributed by atoms with Crippen LogP contribution in [0.5, 0.6) is 11.5 Å². The van der Waals surface area contributed by atoms with Gasteiger partial charge in [0.1, 0.15) is 22.9 Å². The van der Waals surface area contributed by atoms with E-state index < -0.39 is 31.2 Å². The van der Waals surface area contributed by atoms with Crippen molar-refractivity contribution >= 4 is 25.1 Å². The normalized spacial score (nSPS) is 13.0. The minimum absolute atomic E-state index is 0.0128. The molecular formula is C34H49ClF3N2O6P. The van der Waals surface area contributed by atoms with Gasteiger partial charge in [-0.25, -0.2) is 0 Å². The number of amides is 1. The molecule has 1 atom stereocenters. The average Bonchev–Trinajstić information content (AvgIpc) is 3.01. The van der Waals surface area contributed by atoms with E-state index in [1.54, 1.807) is 24.3 Å². The standard InChI is InChI=1S/C34H49ClF3N2O6P/c1-2-3-4-5-6-7-8-9-10-11-12-13-14-15-33(41)40-28(24-32(35)47(42,43)44)22-27-16-18-30(19-17-27)45-25-29-23-31(20-21-39-29)46-26-34(36,37)38/h16-21,23-24,28H,2-15,22,25-26H2,1H3,(H,40,41)(H2,42,43,44)/t28-/m1/s1. The molecule has 264 valence electrons. The van der Waals surface area contributed by atoms with Crippen molar-refractivity contribution < 1.29 is 41.8 Å². The van der Waals surface area contributed by atoms with Gasteiger partial charge in [-0.15, -0.1) is 0 Å². The number of nitrogens with one attached hydrogen (secondary N) is 1.